The van der Waals surface area contributed by atoms with E-state index in [1.54, 1.807) is 0 Å². The van der Waals surface area contributed by atoms with Crippen molar-refractivity contribution in [2.75, 3.05) is 0 Å². The van der Waals surface area contributed by atoms with Gasteiger partial charge in [-0.05, 0) is 96.4 Å². The molecular formula is C60H40N2. The van der Waals surface area contributed by atoms with Gasteiger partial charge in [-0.25, -0.2) is 9.97 Å². The van der Waals surface area contributed by atoms with E-state index < -0.39 is 0 Å². The van der Waals surface area contributed by atoms with E-state index in [9.17, 15) is 0 Å². The van der Waals surface area contributed by atoms with Gasteiger partial charge in [0.05, 0.1) is 11.2 Å². The summed E-state index contributed by atoms with van der Waals surface area (Å²) >= 11 is 0. The zero-order valence-electron chi connectivity index (χ0n) is 34.0. The molecule has 0 aliphatic heterocycles. The van der Waals surface area contributed by atoms with Gasteiger partial charge in [0.15, 0.2) is 5.82 Å². The van der Waals surface area contributed by atoms with Gasteiger partial charge in [0.2, 0.25) is 0 Å². The van der Waals surface area contributed by atoms with E-state index in [0.717, 1.165) is 55.2 Å². The van der Waals surface area contributed by atoms with Crippen LogP contribution in [-0.4, -0.2) is 9.97 Å². The van der Waals surface area contributed by atoms with Crippen LogP contribution in [-0.2, 0) is 0 Å². The number of nitrogens with zero attached hydrogens (tertiary/aromatic N) is 2. The lowest BCUT2D eigenvalue weighted by Crippen LogP contribution is -1.96. The third-order valence-electron chi connectivity index (χ3n) is 11.9. The molecule has 0 unspecified atom stereocenters. The molecule has 0 bridgehead atoms. The summed E-state index contributed by atoms with van der Waals surface area (Å²) in [5.74, 6) is 0.705. The predicted octanol–water partition coefficient (Wildman–Crippen LogP) is 16.1. The zero-order valence-corrected chi connectivity index (χ0v) is 34.0. The van der Waals surface area contributed by atoms with Gasteiger partial charge in [-0.3, -0.25) is 0 Å². The van der Waals surface area contributed by atoms with E-state index in [2.05, 4.69) is 243 Å². The van der Waals surface area contributed by atoms with E-state index in [1.165, 1.54) is 50.1 Å². The number of rotatable bonds is 8. The molecule has 0 fully saturated rings. The highest BCUT2D eigenvalue weighted by atomic mass is 14.9. The molecule has 0 saturated heterocycles. The molecule has 0 saturated carbocycles. The van der Waals surface area contributed by atoms with E-state index in [1.807, 2.05) is 0 Å². The first-order valence-electron chi connectivity index (χ1n) is 21.1. The van der Waals surface area contributed by atoms with Crippen molar-refractivity contribution in [3.63, 3.8) is 0 Å². The van der Waals surface area contributed by atoms with Crippen molar-refractivity contribution in [3.05, 3.63) is 243 Å². The predicted molar refractivity (Wildman–Crippen MR) is 261 cm³/mol. The van der Waals surface area contributed by atoms with Crippen molar-refractivity contribution in [1.82, 2.24) is 9.97 Å². The summed E-state index contributed by atoms with van der Waals surface area (Å²) in [5, 5.41) is 3.30. The topological polar surface area (TPSA) is 25.8 Å². The van der Waals surface area contributed by atoms with Gasteiger partial charge >= 0.3 is 0 Å². The quantitative estimate of drug-likeness (QED) is 0.143. The number of benzene rings is 10. The van der Waals surface area contributed by atoms with E-state index in [-0.39, 0.29) is 0 Å². The second-order valence-electron chi connectivity index (χ2n) is 15.8. The van der Waals surface area contributed by atoms with E-state index in [4.69, 9.17) is 9.97 Å². The Morgan fingerprint density at radius 1 is 0.210 bits per heavy atom. The van der Waals surface area contributed by atoms with Crippen LogP contribution >= 0.6 is 0 Å². The smallest absolute Gasteiger partial charge is 0.160 e. The van der Waals surface area contributed by atoms with Crippen molar-refractivity contribution in [3.8, 4) is 89.4 Å². The fourth-order valence-electron chi connectivity index (χ4n) is 8.60. The largest absolute Gasteiger partial charge is 0.227 e. The van der Waals surface area contributed by atoms with Crippen LogP contribution in [0.3, 0.4) is 0 Å². The minimum Gasteiger partial charge on any atom is -0.227 e. The second-order valence-corrected chi connectivity index (χ2v) is 15.8. The van der Waals surface area contributed by atoms with Gasteiger partial charge in [-0.2, -0.15) is 0 Å². The minimum absolute atomic E-state index is 0.705. The molecule has 0 amide bonds. The maximum atomic E-state index is 5.34. The Labute approximate surface area is 362 Å². The molecule has 0 spiro atoms. The summed E-state index contributed by atoms with van der Waals surface area (Å²) in [6, 6.07) is 86.6. The number of aromatic nitrogens is 2. The molecule has 0 aliphatic carbocycles. The van der Waals surface area contributed by atoms with Crippen molar-refractivity contribution in [2.45, 2.75) is 0 Å². The summed E-state index contributed by atoms with van der Waals surface area (Å²) in [4.78, 5) is 10.6. The van der Waals surface area contributed by atoms with Crippen molar-refractivity contribution < 1.29 is 0 Å². The van der Waals surface area contributed by atoms with Crippen LogP contribution in [0.25, 0.3) is 111 Å². The van der Waals surface area contributed by atoms with E-state index in [0.29, 0.717) is 5.82 Å². The SMILES string of the molecule is c1ccc(-c2cccc(-c3ccc(-c4ccc(-c5nc(-c6cccc(-c7ccc(-c8cccc(-c9ccccc9)c8)cc7)c6)nc6c5ccc5ccccc56)cc4)cc3)c2)cc1. The molecule has 1 aromatic heterocycles. The first-order valence-corrected chi connectivity index (χ1v) is 21.1. The zero-order chi connectivity index (χ0) is 41.2. The molecule has 2 heteroatoms. The molecule has 11 rings (SSSR count). The normalized spacial score (nSPS) is 11.2. The summed E-state index contributed by atoms with van der Waals surface area (Å²) in [7, 11) is 0. The van der Waals surface area contributed by atoms with Gasteiger partial charge in [0.1, 0.15) is 0 Å². The van der Waals surface area contributed by atoms with Gasteiger partial charge in [-0.15, -0.1) is 0 Å². The number of fused-ring (bicyclic) bond motifs is 3. The molecule has 0 atom stereocenters. The monoisotopic (exact) mass is 788 g/mol. The summed E-state index contributed by atoms with van der Waals surface area (Å²) in [6.45, 7) is 0. The molecule has 290 valence electrons. The molecule has 0 aliphatic rings. The standard InChI is InChI=1S/C60H40N2/c1-3-12-41(13-4-1)50-17-9-19-52(38-50)45-26-24-43(25-27-45)44-32-34-49(35-33-44)58-57-37-36-48-16-7-8-23-56(48)59(57)62-60(61-58)55-22-11-21-54(40-55)47-30-28-46(29-31-47)53-20-10-18-51(39-53)42-14-5-2-6-15-42/h1-40H. The molecule has 11 aromatic rings. The Hall–Kier alpha value is -8.20. The van der Waals surface area contributed by atoms with Crippen LogP contribution in [0.2, 0.25) is 0 Å². The fourth-order valence-corrected chi connectivity index (χ4v) is 8.60. The lowest BCUT2D eigenvalue weighted by atomic mass is 9.96. The van der Waals surface area contributed by atoms with Crippen LogP contribution in [0.15, 0.2) is 243 Å². The molecule has 1 heterocycles. The second kappa shape index (κ2) is 16.1. The average molecular weight is 789 g/mol. The van der Waals surface area contributed by atoms with Crippen LogP contribution < -0.4 is 0 Å². The first kappa shape index (κ1) is 36.8. The Balaban J connectivity index is 0.911. The van der Waals surface area contributed by atoms with Gasteiger partial charge in [-0.1, -0.05) is 218 Å². The Morgan fingerprint density at radius 3 is 1.05 bits per heavy atom. The third-order valence-corrected chi connectivity index (χ3v) is 11.9. The summed E-state index contributed by atoms with van der Waals surface area (Å²) in [6.07, 6.45) is 0. The minimum atomic E-state index is 0.705. The molecule has 0 N–H and O–H groups in total. The Kier molecular flexibility index (Phi) is 9.57. The van der Waals surface area contributed by atoms with Gasteiger partial charge in [0.25, 0.3) is 0 Å². The third kappa shape index (κ3) is 7.25. The molecule has 2 nitrogen and oxygen atoms in total. The fraction of sp³-hybridized carbons (Fsp3) is 0. The average Bonchev–Trinajstić information content (AvgIpc) is 3.37. The number of hydrogen-bond acceptors (Lipinski definition) is 2. The first-order chi connectivity index (χ1) is 30.7. The highest BCUT2D eigenvalue weighted by molar-refractivity contribution is 6.09. The van der Waals surface area contributed by atoms with Gasteiger partial charge in [0, 0.05) is 21.9 Å². The maximum Gasteiger partial charge on any atom is 0.160 e. The van der Waals surface area contributed by atoms with Crippen LogP contribution in [0.5, 0.6) is 0 Å². The summed E-state index contributed by atoms with van der Waals surface area (Å²) < 4.78 is 0. The van der Waals surface area contributed by atoms with Gasteiger partial charge < -0.3 is 0 Å². The maximum absolute atomic E-state index is 5.34. The highest BCUT2D eigenvalue weighted by Gasteiger charge is 2.15. The number of hydrogen-bond donors (Lipinski definition) is 0. The molecule has 62 heavy (non-hydrogen) atoms. The van der Waals surface area contributed by atoms with Crippen molar-refractivity contribution in [2.24, 2.45) is 0 Å². The van der Waals surface area contributed by atoms with Crippen molar-refractivity contribution >= 4 is 21.7 Å². The van der Waals surface area contributed by atoms with Crippen LogP contribution in [0.1, 0.15) is 0 Å². The molecule has 10 aromatic carbocycles. The van der Waals surface area contributed by atoms with E-state index >= 15 is 0 Å². The highest BCUT2D eigenvalue weighted by Crippen LogP contribution is 2.36. The summed E-state index contributed by atoms with van der Waals surface area (Å²) in [5.41, 5.74) is 18.1. The molecular weight excluding hydrogens is 749 g/mol. The van der Waals surface area contributed by atoms with Crippen LogP contribution in [0, 0.1) is 0 Å². The molecule has 0 radical (unpaired) electrons. The Morgan fingerprint density at radius 2 is 0.565 bits per heavy atom. The Bertz CT molecular complexity index is 3350. The lowest BCUT2D eigenvalue weighted by Gasteiger charge is -2.13. The van der Waals surface area contributed by atoms with Crippen LogP contribution in [0.4, 0.5) is 0 Å². The lowest BCUT2D eigenvalue weighted by molar-refractivity contribution is 1.23. The van der Waals surface area contributed by atoms with Crippen molar-refractivity contribution in [1.29, 1.82) is 0 Å².